The van der Waals surface area contributed by atoms with Gasteiger partial charge >= 0.3 is 0 Å². The van der Waals surface area contributed by atoms with E-state index >= 15 is 0 Å². The fourth-order valence-electron chi connectivity index (χ4n) is 1.78. The van der Waals surface area contributed by atoms with E-state index in [1.54, 1.807) is 0 Å². The first kappa shape index (κ1) is 11.0. The lowest BCUT2D eigenvalue weighted by atomic mass is 10.2. The molecular formula is C10H22N2O. The lowest BCUT2D eigenvalue weighted by Gasteiger charge is -2.19. The maximum absolute atomic E-state index is 9.54. The Morgan fingerprint density at radius 1 is 1.46 bits per heavy atom. The Kier molecular flexibility index (Phi) is 4.70. The van der Waals surface area contributed by atoms with Crippen molar-refractivity contribution in [1.29, 1.82) is 0 Å². The minimum atomic E-state index is -0.105. The quantitative estimate of drug-likeness (QED) is 0.654. The number of hydrogen-bond donors (Lipinski definition) is 2. The molecule has 0 saturated heterocycles. The van der Waals surface area contributed by atoms with Crippen molar-refractivity contribution in [3.63, 3.8) is 0 Å². The van der Waals surface area contributed by atoms with Gasteiger partial charge in [-0.1, -0.05) is 6.92 Å². The average molecular weight is 186 g/mol. The van der Waals surface area contributed by atoms with E-state index in [1.807, 2.05) is 0 Å². The Hall–Kier alpha value is -0.120. The minimum absolute atomic E-state index is 0.105. The van der Waals surface area contributed by atoms with E-state index in [1.165, 1.54) is 6.42 Å². The molecule has 2 N–H and O–H groups in total. The zero-order chi connectivity index (χ0) is 9.68. The summed E-state index contributed by atoms with van der Waals surface area (Å²) in [5.74, 6) is 0. The molecule has 1 aliphatic rings. The summed E-state index contributed by atoms with van der Waals surface area (Å²) in [7, 11) is 2.12. The van der Waals surface area contributed by atoms with Crippen LogP contribution in [0, 0.1) is 0 Å². The molecule has 0 spiro atoms. The number of rotatable bonds is 5. The summed E-state index contributed by atoms with van der Waals surface area (Å²) in [6.45, 7) is 5.31. The van der Waals surface area contributed by atoms with Crippen LogP contribution in [0.1, 0.15) is 26.2 Å². The van der Waals surface area contributed by atoms with Crippen LogP contribution in [0.2, 0.25) is 0 Å². The summed E-state index contributed by atoms with van der Waals surface area (Å²) < 4.78 is 0. The topological polar surface area (TPSA) is 35.5 Å². The zero-order valence-electron chi connectivity index (χ0n) is 8.79. The standard InChI is InChI=1S/C10H22N2O/c1-3-12(2)8-7-11-9-5-4-6-10(9)13/h9-11,13H,3-8H2,1-2H3/t9-,10-/m1/s1. The van der Waals surface area contributed by atoms with Crippen LogP contribution in [0.25, 0.3) is 0 Å². The van der Waals surface area contributed by atoms with Gasteiger partial charge in [-0.05, 0) is 32.9 Å². The number of aliphatic hydroxyl groups excluding tert-OH is 1. The Bertz CT molecular complexity index is 141. The molecule has 1 rings (SSSR count). The molecule has 0 aromatic carbocycles. The molecule has 78 valence electrons. The van der Waals surface area contributed by atoms with Crippen LogP contribution in [0.15, 0.2) is 0 Å². The smallest absolute Gasteiger partial charge is 0.0693 e. The van der Waals surface area contributed by atoms with Crippen molar-refractivity contribution in [1.82, 2.24) is 10.2 Å². The zero-order valence-corrected chi connectivity index (χ0v) is 8.79. The first-order valence-electron chi connectivity index (χ1n) is 5.34. The Balaban J connectivity index is 2.05. The number of aliphatic hydroxyl groups is 1. The fraction of sp³-hybridized carbons (Fsp3) is 1.00. The first-order chi connectivity index (χ1) is 6.24. The van der Waals surface area contributed by atoms with Gasteiger partial charge in [0.1, 0.15) is 0 Å². The highest BCUT2D eigenvalue weighted by Crippen LogP contribution is 2.18. The van der Waals surface area contributed by atoms with Crippen LogP contribution < -0.4 is 5.32 Å². The van der Waals surface area contributed by atoms with Gasteiger partial charge in [0.15, 0.2) is 0 Å². The van der Waals surface area contributed by atoms with Gasteiger partial charge in [-0.2, -0.15) is 0 Å². The average Bonchev–Trinajstić information content (AvgIpc) is 2.52. The molecule has 0 aromatic rings. The van der Waals surface area contributed by atoms with Gasteiger partial charge in [0.25, 0.3) is 0 Å². The highest BCUT2D eigenvalue weighted by Gasteiger charge is 2.23. The number of hydrogen-bond acceptors (Lipinski definition) is 3. The Labute approximate surface area is 81.1 Å². The number of likely N-dealkylation sites (N-methyl/N-ethyl adjacent to an activating group) is 1. The van der Waals surface area contributed by atoms with E-state index in [0.29, 0.717) is 6.04 Å². The van der Waals surface area contributed by atoms with E-state index < -0.39 is 0 Å². The predicted molar refractivity (Wildman–Crippen MR) is 54.8 cm³/mol. The van der Waals surface area contributed by atoms with Crippen LogP contribution in [-0.2, 0) is 0 Å². The van der Waals surface area contributed by atoms with E-state index in [4.69, 9.17) is 0 Å². The Morgan fingerprint density at radius 3 is 2.77 bits per heavy atom. The summed E-state index contributed by atoms with van der Waals surface area (Å²) in [6.07, 6.45) is 3.17. The molecule has 2 atom stereocenters. The molecule has 1 aliphatic carbocycles. The van der Waals surface area contributed by atoms with E-state index in [2.05, 4.69) is 24.2 Å². The van der Waals surface area contributed by atoms with Crippen molar-refractivity contribution in [3.05, 3.63) is 0 Å². The highest BCUT2D eigenvalue weighted by atomic mass is 16.3. The van der Waals surface area contributed by atoms with Gasteiger partial charge in [-0.15, -0.1) is 0 Å². The minimum Gasteiger partial charge on any atom is -0.392 e. The predicted octanol–water partition coefficient (Wildman–Crippen LogP) is 0.441. The molecule has 3 heteroatoms. The van der Waals surface area contributed by atoms with Gasteiger partial charge in [0.05, 0.1) is 6.10 Å². The van der Waals surface area contributed by atoms with Gasteiger partial charge in [0.2, 0.25) is 0 Å². The molecule has 3 nitrogen and oxygen atoms in total. The molecule has 0 unspecified atom stereocenters. The lowest BCUT2D eigenvalue weighted by molar-refractivity contribution is 0.147. The van der Waals surface area contributed by atoms with Crippen molar-refractivity contribution in [2.24, 2.45) is 0 Å². The van der Waals surface area contributed by atoms with E-state index in [9.17, 15) is 5.11 Å². The maximum atomic E-state index is 9.54. The van der Waals surface area contributed by atoms with Gasteiger partial charge in [0, 0.05) is 19.1 Å². The van der Waals surface area contributed by atoms with Gasteiger partial charge in [-0.25, -0.2) is 0 Å². The first-order valence-corrected chi connectivity index (χ1v) is 5.34. The molecule has 0 aromatic heterocycles. The van der Waals surface area contributed by atoms with Gasteiger partial charge < -0.3 is 15.3 Å². The summed E-state index contributed by atoms with van der Waals surface area (Å²) in [5, 5.41) is 12.9. The molecule has 1 saturated carbocycles. The van der Waals surface area contributed by atoms with Crippen molar-refractivity contribution < 1.29 is 5.11 Å². The third kappa shape index (κ3) is 3.63. The fourth-order valence-corrected chi connectivity index (χ4v) is 1.78. The van der Waals surface area contributed by atoms with Crippen molar-refractivity contribution in [3.8, 4) is 0 Å². The molecular weight excluding hydrogens is 164 g/mol. The summed E-state index contributed by atoms with van der Waals surface area (Å²) in [4.78, 5) is 2.27. The van der Waals surface area contributed by atoms with Crippen molar-refractivity contribution >= 4 is 0 Å². The molecule has 1 fully saturated rings. The normalized spacial score (nSPS) is 28.6. The monoisotopic (exact) mass is 186 g/mol. The third-order valence-corrected chi connectivity index (χ3v) is 2.92. The second-order valence-electron chi connectivity index (χ2n) is 3.95. The van der Waals surface area contributed by atoms with Gasteiger partial charge in [-0.3, -0.25) is 0 Å². The molecule has 0 bridgehead atoms. The molecule has 0 amide bonds. The molecule has 0 radical (unpaired) electrons. The molecule has 0 aliphatic heterocycles. The van der Waals surface area contributed by atoms with E-state index in [-0.39, 0.29) is 6.10 Å². The summed E-state index contributed by atoms with van der Waals surface area (Å²) in [5.41, 5.74) is 0. The van der Waals surface area contributed by atoms with Crippen LogP contribution >= 0.6 is 0 Å². The maximum Gasteiger partial charge on any atom is 0.0693 e. The second-order valence-corrected chi connectivity index (χ2v) is 3.95. The molecule has 13 heavy (non-hydrogen) atoms. The van der Waals surface area contributed by atoms with Crippen molar-refractivity contribution in [2.45, 2.75) is 38.3 Å². The lowest BCUT2D eigenvalue weighted by Crippen LogP contribution is -2.39. The van der Waals surface area contributed by atoms with Crippen LogP contribution in [0.3, 0.4) is 0 Å². The van der Waals surface area contributed by atoms with Crippen LogP contribution in [0.4, 0.5) is 0 Å². The van der Waals surface area contributed by atoms with Crippen molar-refractivity contribution in [2.75, 3.05) is 26.7 Å². The largest absolute Gasteiger partial charge is 0.392 e. The Morgan fingerprint density at radius 2 is 2.23 bits per heavy atom. The second kappa shape index (κ2) is 5.58. The van der Waals surface area contributed by atoms with Crippen LogP contribution in [0.5, 0.6) is 0 Å². The summed E-state index contributed by atoms with van der Waals surface area (Å²) >= 11 is 0. The number of nitrogens with one attached hydrogen (secondary N) is 1. The highest BCUT2D eigenvalue weighted by molar-refractivity contribution is 4.82. The molecule has 0 heterocycles. The van der Waals surface area contributed by atoms with E-state index in [0.717, 1.165) is 32.5 Å². The third-order valence-electron chi connectivity index (χ3n) is 2.92. The number of nitrogens with zero attached hydrogens (tertiary/aromatic N) is 1. The SMILES string of the molecule is CCN(C)CCN[C@@H]1CCC[C@H]1O. The summed E-state index contributed by atoms with van der Waals surface area (Å²) in [6, 6.07) is 0.352. The van der Waals surface area contributed by atoms with Crippen LogP contribution in [-0.4, -0.2) is 48.8 Å².